The second-order valence-corrected chi connectivity index (χ2v) is 5.34. The number of hydrogen-bond acceptors (Lipinski definition) is 2. The topological polar surface area (TPSA) is 40.5 Å². The first kappa shape index (κ1) is 11.5. The third-order valence-electron chi connectivity index (χ3n) is 2.74. The Morgan fingerprint density at radius 1 is 1.50 bits per heavy atom. The van der Waals surface area contributed by atoms with E-state index in [2.05, 4.69) is 15.9 Å². The maximum atomic E-state index is 12.1. The molecule has 0 aliphatic carbocycles. The molecular formula is C12H14BrNO2. The van der Waals surface area contributed by atoms with Crippen molar-refractivity contribution in [3.05, 3.63) is 29.8 Å². The van der Waals surface area contributed by atoms with E-state index in [1.54, 1.807) is 18.2 Å². The van der Waals surface area contributed by atoms with Crippen LogP contribution < -0.4 is 0 Å². The van der Waals surface area contributed by atoms with Gasteiger partial charge >= 0.3 is 0 Å². The Morgan fingerprint density at radius 3 is 3.00 bits per heavy atom. The lowest BCUT2D eigenvalue weighted by Gasteiger charge is -2.30. The molecule has 1 N–H and O–H groups in total. The number of nitrogens with zero attached hydrogens (tertiary/aromatic N) is 1. The quantitative estimate of drug-likeness (QED) is 0.804. The number of rotatable bonds is 1. The van der Waals surface area contributed by atoms with Crippen LogP contribution in [-0.4, -0.2) is 33.8 Å². The van der Waals surface area contributed by atoms with E-state index in [0.717, 1.165) is 25.9 Å². The molecule has 0 aromatic heterocycles. The molecule has 0 spiro atoms. The highest BCUT2D eigenvalue weighted by Gasteiger charge is 2.22. The number of amides is 1. The molecule has 86 valence electrons. The maximum Gasteiger partial charge on any atom is 0.254 e. The van der Waals surface area contributed by atoms with Crippen molar-refractivity contribution >= 4 is 21.8 Å². The summed E-state index contributed by atoms with van der Waals surface area (Å²) in [4.78, 5) is 14.3. The summed E-state index contributed by atoms with van der Waals surface area (Å²) in [7, 11) is 0. The summed E-state index contributed by atoms with van der Waals surface area (Å²) >= 11 is 3.54. The van der Waals surface area contributed by atoms with Crippen molar-refractivity contribution < 1.29 is 9.90 Å². The van der Waals surface area contributed by atoms with Crippen LogP contribution in [0.1, 0.15) is 23.2 Å². The number of halogens is 1. The summed E-state index contributed by atoms with van der Waals surface area (Å²) in [5.41, 5.74) is 0.557. The summed E-state index contributed by atoms with van der Waals surface area (Å²) in [5, 5.41) is 9.33. The van der Waals surface area contributed by atoms with Crippen molar-refractivity contribution in [2.45, 2.75) is 17.7 Å². The summed E-state index contributed by atoms with van der Waals surface area (Å²) in [6.45, 7) is 1.55. The van der Waals surface area contributed by atoms with Gasteiger partial charge in [0, 0.05) is 23.5 Å². The number of carbonyl (C=O) groups is 1. The highest BCUT2D eigenvalue weighted by molar-refractivity contribution is 9.09. The fraction of sp³-hybridized carbons (Fsp3) is 0.417. The molecule has 4 heteroatoms. The minimum absolute atomic E-state index is 0.0000463. The SMILES string of the molecule is O=C(c1cccc(O)c1)N1CCCC(Br)C1. The van der Waals surface area contributed by atoms with Crippen molar-refractivity contribution in [2.75, 3.05) is 13.1 Å². The molecule has 1 heterocycles. The van der Waals surface area contributed by atoms with Gasteiger partial charge < -0.3 is 10.0 Å². The second-order valence-electron chi connectivity index (χ2n) is 4.04. The summed E-state index contributed by atoms with van der Waals surface area (Å²) in [6, 6.07) is 6.51. The van der Waals surface area contributed by atoms with Crippen molar-refractivity contribution in [3.63, 3.8) is 0 Å². The van der Waals surface area contributed by atoms with Gasteiger partial charge in [0.15, 0.2) is 0 Å². The molecule has 1 fully saturated rings. The summed E-state index contributed by atoms with van der Waals surface area (Å²) in [6.07, 6.45) is 2.14. The van der Waals surface area contributed by atoms with Crippen LogP contribution in [0.5, 0.6) is 5.75 Å². The average molecular weight is 284 g/mol. The molecule has 1 saturated heterocycles. The zero-order valence-corrected chi connectivity index (χ0v) is 10.5. The molecule has 0 saturated carbocycles. The highest BCUT2D eigenvalue weighted by atomic mass is 79.9. The maximum absolute atomic E-state index is 12.1. The molecule has 0 bridgehead atoms. The van der Waals surface area contributed by atoms with Gasteiger partial charge in [0.1, 0.15) is 5.75 Å². The highest BCUT2D eigenvalue weighted by Crippen LogP contribution is 2.20. The minimum Gasteiger partial charge on any atom is -0.508 e. The molecule has 1 aliphatic rings. The van der Waals surface area contributed by atoms with Crippen LogP contribution in [0.3, 0.4) is 0 Å². The number of phenolic OH excluding ortho intramolecular Hbond substituents is 1. The lowest BCUT2D eigenvalue weighted by Crippen LogP contribution is -2.40. The van der Waals surface area contributed by atoms with Crippen LogP contribution in [0.2, 0.25) is 0 Å². The van der Waals surface area contributed by atoms with E-state index in [9.17, 15) is 9.90 Å². The van der Waals surface area contributed by atoms with E-state index < -0.39 is 0 Å². The Hall–Kier alpha value is -1.03. The molecule has 1 aliphatic heterocycles. The Labute approximate surface area is 103 Å². The number of alkyl halides is 1. The predicted octanol–water partition coefficient (Wildman–Crippen LogP) is 2.39. The van der Waals surface area contributed by atoms with E-state index in [1.165, 1.54) is 6.07 Å². The van der Waals surface area contributed by atoms with E-state index in [-0.39, 0.29) is 11.7 Å². The molecule has 3 nitrogen and oxygen atoms in total. The fourth-order valence-corrected chi connectivity index (χ4v) is 2.60. The van der Waals surface area contributed by atoms with E-state index in [1.807, 2.05) is 4.90 Å². The number of piperidine rings is 1. The molecule has 1 aromatic carbocycles. The lowest BCUT2D eigenvalue weighted by atomic mass is 10.1. The zero-order chi connectivity index (χ0) is 11.5. The van der Waals surface area contributed by atoms with Crippen LogP contribution in [-0.2, 0) is 0 Å². The number of benzene rings is 1. The van der Waals surface area contributed by atoms with Gasteiger partial charge in [-0.1, -0.05) is 22.0 Å². The number of carbonyl (C=O) groups excluding carboxylic acids is 1. The standard InChI is InChI=1S/C12H14BrNO2/c13-10-4-2-6-14(8-10)12(16)9-3-1-5-11(15)7-9/h1,3,5,7,10,15H,2,4,6,8H2. The first-order chi connectivity index (χ1) is 7.66. The smallest absolute Gasteiger partial charge is 0.254 e. The molecule has 1 amide bonds. The van der Waals surface area contributed by atoms with Gasteiger partial charge in [-0.05, 0) is 31.0 Å². The first-order valence-electron chi connectivity index (χ1n) is 5.39. The minimum atomic E-state index is 0.0000463. The molecule has 16 heavy (non-hydrogen) atoms. The van der Waals surface area contributed by atoms with E-state index in [0.29, 0.717) is 10.4 Å². The first-order valence-corrected chi connectivity index (χ1v) is 6.31. The third kappa shape index (κ3) is 2.55. The van der Waals surface area contributed by atoms with Crippen LogP contribution in [0.15, 0.2) is 24.3 Å². The fourth-order valence-electron chi connectivity index (χ4n) is 1.93. The normalized spacial score (nSPS) is 20.8. The molecule has 1 aromatic rings. The Balaban J connectivity index is 2.12. The summed E-state index contributed by atoms with van der Waals surface area (Å²) < 4.78 is 0. The van der Waals surface area contributed by atoms with Gasteiger partial charge in [-0.3, -0.25) is 4.79 Å². The lowest BCUT2D eigenvalue weighted by molar-refractivity contribution is 0.0729. The van der Waals surface area contributed by atoms with Gasteiger partial charge in [-0.2, -0.15) is 0 Å². The zero-order valence-electron chi connectivity index (χ0n) is 8.90. The molecule has 0 radical (unpaired) electrons. The van der Waals surface area contributed by atoms with Crippen LogP contribution in [0.4, 0.5) is 0 Å². The average Bonchev–Trinajstić information content (AvgIpc) is 2.28. The van der Waals surface area contributed by atoms with Crippen molar-refractivity contribution in [2.24, 2.45) is 0 Å². The summed E-state index contributed by atoms with van der Waals surface area (Å²) in [5.74, 6) is 0.137. The van der Waals surface area contributed by atoms with Gasteiger partial charge in [0.05, 0.1) is 0 Å². The number of aromatic hydroxyl groups is 1. The van der Waals surface area contributed by atoms with Crippen molar-refractivity contribution in [3.8, 4) is 5.75 Å². The predicted molar refractivity (Wildman–Crippen MR) is 66.0 cm³/mol. The Morgan fingerprint density at radius 2 is 2.31 bits per heavy atom. The van der Waals surface area contributed by atoms with Gasteiger partial charge in [-0.25, -0.2) is 0 Å². The second kappa shape index (κ2) is 4.87. The van der Waals surface area contributed by atoms with Gasteiger partial charge in [0.25, 0.3) is 5.91 Å². The van der Waals surface area contributed by atoms with Crippen LogP contribution >= 0.6 is 15.9 Å². The van der Waals surface area contributed by atoms with Crippen LogP contribution in [0.25, 0.3) is 0 Å². The number of likely N-dealkylation sites (tertiary alicyclic amines) is 1. The molecule has 1 atom stereocenters. The largest absolute Gasteiger partial charge is 0.508 e. The Kier molecular flexibility index (Phi) is 3.49. The molecular weight excluding hydrogens is 270 g/mol. The van der Waals surface area contributed by atoms with Gasteiger partial charge in [-0.15, -0.1) is 0 Å². The molecule has 2 rings (SSSR count). The van der Waals surface area contributed by atoms with Crippen molar-refractivity contribution in [1.29, 1.82) is 0 Å². The van der Waals surface area contributed by atoms with E-state index >= 15 is 0 Å². The van der Waals surface area contributed by atoms with Crippen LogP contribution in [0, 0.1) is 0 Å². The Bertz CT molecular complexity index is 394. The number of hydrogen-bond donors (Lipinski definition) is 1. The third-order valence-corrected chi connectivity index (χ3v) is 3.49. The molecule has 1 unspecified atom stereocenters. The van der Waals surface area contributed by atoms with Crippen molar-refractivity contribution in [1.82, 2.24) is 4.90 Å². The van der Waals surface area contributed by atoms with Gasteiger partial charge in [0.2, 0.25) is 0 Å². The number of phenols is 1. The monoisotopic (exact) mass is 283 g/mol. The van der Waals surface area contributed by atoms with E-state index in [4.69, 9.17) is 0 Å².